The average molecular weight is 194 g/mol. The molecular weight excluding hydrogens is 180 g/mol. The topological polar surface area (TPSA) is 52.1 Å². The van der Waals surface area contributed by atoms with E-state index in [1.165, 1.54) is 12.4 Å². The van der Waals surface area contributed by atoms with Gasteiger partial charge in [0.15, 0.2) is 0 Å². The fraction of sp³-hybridized carbons (Fsp3) is 0.500. The highest BCUT2D eigenvalue weighted by atomic mass is 16.6. The quantitative estimate of drug-likeness (QED) is 0.639. The molecule has 0 atom stereocenters. The lowest BCUT2D eigenvalue weighted by Gasteiger charge is -2.19. The van der Waals surface area contributed by atoms with Crippen molar-refractivity contribution in [1.82, 2.24) is 9.97 Å². The first-order valence-corrected chi connectivity index (χ1v) is 4.40. The van der Waals surface area contributed by atoms with Crippen LogP contribution in [0.1, 0.15) is 37.0 Å². The van der Waals surface area contributed by atoms with Gasteiger partial charge in [0.2, 0.25) is 0 Å². The molecule has 0 aromatic carbocycles. The lowest BCUT2D eigenvalue weighted by atomic mass is 10.2. The molecule has 1 heterocycles. The number of rotatable bonds is 1. The summed E-state index contributed by atoms with van der Waals surface area (Å²) >= 11 is 0. The van der Waals surface area contributed by atoms with Crippen molar-refractivity contribution < 1.29 is 9.53 Å². The molecule has 0 amide bonds. The first-order valence-electron chi connectivity index (χ1n) is 4.40. The monoisotopic (exact) mass is 194 g/mol. The molecule has 0 aliphatic carbocycles. The van der Waals surface area contributed by atoms with Gasteiger partial charge in [-0.05, 0) is 27.7 Å². The zero-order valence-electron chi connectivity index (χ0n) is 8.87. The van der Waals surface area contributed by atoms with Crippen molar-refractivity contribution in [2.45, 2.75) is 33.3 Å². The van der Waals surface area contributed by atoms with Crippen molar-refractivity contribution in [2.75, 3.05) is 0 Å². The number of ether oxygens (including phenoxy) is 1. The van der Waals surface area contributed by atoms with Gasteiger partial charge in [0.1, 0.15) is 11.4 Å². The highest BCUT2D eigenvalue weighted by molar-refractivity contribution is 5.88. The van der Waals surface area contributed by atoms with Crippen molar-refractivity contribution in [3.8, 4) is 0 Å². The molecule has 1 rings (SSSR count). The maximum Gasteiger partial charge on any atom is 0.341 e. The Kier molecular flexibility index (Phi) is 2.84. The van der Waals surface area contributed by atoms with E-state index in [0.29, 0.717) is 11.4 Å². The molecule has 0 saturated carbocycles. The van der Waals surface area contributed by atoms with Crippen LogP contribution in [0, 0.1) is 6.92 Å². The SMILES string of the molecule is Cc1ncc(C(=O)OC(C)(C)C)cn1. The van der Waals surface area contributed by atoms with Crippen LogP contribution in [0.25, 0.3) is 0 Å². The Balaban J connectivity index is 2.76. The van der Waals surface area contributed by atoms with E-state index in [2.05, 4.69) is 9.97 Å². The minimum atomic E-state index is -0.484. The highest BCUT2D eigenvalue weighted by Crippen LogP contribution is 2.10. The van der Waals surface area contributed by atoms with E-state index in [1.807, 2.05) is 20.8 Å². The second-order valence-electron chi connectivity index (χ2n) is 4.02. The minimum Gasteiger partial charge on any atom is -0.456 e. The summed E-state index contributed by atoms with van der Waals surface area (Å²) in [6, 6.07) is 0. The van der Waals surface area contributed by atoms with Crippen LogP contribution in [0.3, 0.4) is 0 Å². The molecule has 14 heavy (non-hydrogen) atoms. The minimum absolute atomic E-state index is 0.380. The summed E-state index contributed by atoms with van der Waals surface area (Å²) in [5.74, 6) is 0.245. The van der Waals surface area contributed by atoms with E-state index in [4.69, 9.17) is 4.74 Å². The number of nitrogens with zero attached hydrogens (tertiary/aromatic N) is 2. The van der Waals surface area contributed by atoms with Crippen LogP contribution in [-0.4, -0.2) is 21.5 Å². The third kappa shape index (κ3) is 3.12. The molecule has 0 radical (unpaired) electrons. The predicted octanol–water partition coefficient (Wildman–Crippen LogP) is 1.74. The number of esters is 1. The zero-order valence-corrected chi connectivity index (χ0v) is 8.87. The fourth-order valence-corrected chi connectivity index (χ4v) is 0.835. The normalized spacial score (nSPS) is 11.1. The van der Waals surface area contributed by atoms with E-state index in [9.17, 15) is 4.79 Å². The molecule has 0 unspecified atom stereocenters. The van der Waals surface area contributed by atoms with Crippen LogP contribution in [0.4, 0.5) is 0 Å². The van der Waals surface area contributed by atoms with Gasteiger partial charge in [0.25, 0.3) is 0 Å². The second kappa shape index (κ2) is 3.74. The summed E-state index contributed by atoms with van der Waals surface area (Å²) in [5, 5.41) is 0. The average Bonchev–Trinajstić information content (AvgIpc) is 2.02. The number of hydrogen-bond acceptors (Lipinski definition) is 4. The Morgan fingerprint density at radius 3 is 2.21 bits per heavy atom. The Morgan fingerprint density at radius 1 is 1.29 bits per heavy atom. The van der Waals surface area contributed by atoms with Crippen molar-refractivity contribution in [1.29, 1.82) is 0 Å². The molecule has 4 nitrogen and oxygen atoms in total. The van der Waals surface area contributed by atoms with Gasteiger partial charge in [0.05, 0.1) is 5.56 Å². The number of carbonyl (C=O) groups is 1. The van der Waals surface area contributed by atoms with Gasteiger partial charge in [-0.3, -0.25) is 0 Å². The van der Waals surface area contributed by atoms with Crippen molar-refractivity contribution in [3.63, 3.8) is 0 Å². The lowest BCUT2D eigenvalue weighted by Crippen LogP contribution is -2.24. The molecule has 1 aromatic rings. The highest BCUT2D eigenvalue weighted by Gasteiger charge is 2.17. The Bertz CT molecular complexity index is 325. The smallest absolute Gasteiger partial charge is 0.341 e. The molecule has 0 saturated heterocycles. The zero-order chi connectivity index (χ0) is 10.8. The number of hydrogen-bond donors (Lipinski definition) is 0. The third-order valence-corrected chi connectivity index (χ3v) is 1.42. The molecule has 4 heteroatoms. The number of aromatic nitrogens is 2. The van der Waals surface area contributed by atoms with E-state index < -0.39 is 11.6 Å². The molecule has 0 bridgehead atoms. The Hall–Kier alpha value is -1.45. The van der Waals surface area contributed by atoms with Gasteiger partial charge in [-0.15, -0.1) is 0 Å². The predicted molar refractivity (Wildman–Crippen MR) is 51.9 cm³/mol. The summed E-state index contributed by atoms with van der Waals surface area (Å²) in [4.78, 5) is 19.3. The van der Waals surface area contributed by atoms with Crippen LogP contribution < -0.4 is 0 Å². The maximum atomic E-state index is 11.5. The van der Waals surface area contributed by atoms with Crippen LogP contribution >= 0.6 is 0 Å². The van der Waals surface area contributed by atoms with Crippen LogP contribution in [0.15, 0.2) is 12.4 Å². The first-order chi connectivity index (χ1) is 6.38. The first kappa shape index (κ1) is 10.6. The lowest BCUT2D eigenvalue weighted by molar-refractivity contribution is 0.00686. The Morgan fingerprint density at radius 2 is 1.79 bits per heavy atom. The van der Waals surface area contributed by atoms with Crippen LogP contribution in [0.2, 0.25) is 0 Å². The fourth-order valence-electron chi connectivity index (χ4n) is 0.835. The van der Waals surface area contributed by atoms with Gasteiger partial charge in [0, 0.05) is 12.4 Å². The van der Waals surface area contributed by atoms with E-state index in [0.717, 1.165) is 0 Å². The van der Waals surface area contributed by atoms with Gasteiger partial charge in [-0.1, -0.05) is 0 Å². The summed E-state index contributed by atoms with van der Waals surface area (Å²) in [6.45, 7) is 7.22. The molecule has 0 aliphatic rings. The second-order valence-corrected chi connectivity index (χ2v) is 4.02. The summed E-state index contributed by atoms with van der Waals surface area (Å²) in [7, 11) is 0. The summed E-state index contributed by atoms with van der Waals surface area (Å²) in [5.41, 5.74) is -0.104. The maximum absolute atomic E-state index is 11.5. The molecule has 0 spiro atoms. The third-order valence-electron chi connectivity index (χ3n) is 1.42. The molecule has 76 valence electrons. The van der Waals surface area contributed by atoms with E-state index in [1.54, 1.807) is 6.92 Å². The van der Waals surface area contributed by atoms with Crippen molar-refractivity contribution in [2.24, 2.45) is 0 Å². The van der Waals surface area contributed by atoms with E-state index >= 15 is 0 Å². The van der Waals surface area contributed by atoms with Gasteiger partial charge in [-0.25, -0.2) is 14.8 Å². The molecule has 0 fully saturated rings. The molecular formula is C10H14N2O2. The number of carbonyl (C=O) groups excluding carboxylic acids is 1. The van der Waals surface area contributed by atoms with Crippen molar-refractivity contribution in [3.05, 3.63) is 23.8 Å². The summed E-state index contributed by atoms with van der Waals surface area (Å²) in [6.07, 6.45) is 2.94. The van der Waals surface area contributed by atoms with Crippen molar-refractivity contribution >= 4 is 5.97 Å². The molecule has 0 N–H and O–H groups in total. The molecule has 0 aliphatic heterocycles. The summed E-state index contributed by atoms with van der Waals surface area (Å²) < 4.78 is 5.14. The number of aryl methyl sites for hydroxylation is 1. The van der Waals surface area contributed by atoms with Gasteiger partial charge in [-0.2, -0.15) is 0 Å². The van der Waals surface area contributed by atoms with E-state index in [-0.39, 0.29) is 0 Å². The largest absolute Gasteiger partial charge is 0.456 e. The Labute approximate surface area is 83.3 Å². The van der Waals surface area contributed by atoms with Gasteiger partial charge >= 0.3 is 5.97 Å². The standard InChI is InChI=1S/C10H14N2O2/c1-7-11-5-8(6-12-7)9(13)14-10(2,3)4/h5-6H,1-4H3. The molecule has 1 aromatic heterocycles. The van der Waals surface area contributed by atoms with Gasteiger partial charge < -0.3 is 4.74 Å². The van der Waals surface area contributed by atoms with Crippen LogP contribution in [0.5, 0.6) is 0 Å². The van der Waals surface area contributed by atoms with Crippen LogP contribution in [-0.2, 0) is 4.74 Å².